The Balaban J connectivity index is 1.65. The second kappa shape index (κ2) is 10.4. The molecular weight excluding hydrogens is 574 g/mol. The van der Waals surface area contributed by atoms with Crippen LogP contribution < -0.4 is 10.4 Å². The Morgan fingerprint density at radius 3 is 2.66 bits per heavy atom. The summed E-state index contributed by atoms with van der Waals surface area (Å²) in [6.45, 7) is 6.82. The molecule has 0 aliphatic carbocycles. The number of nitrogens with one attached hydrogen (secondary N) is 1. The quantitative estimate of drug-likeness (QED) is 0.295. The van der Waals surface area contributed by atoms with Crippen molar-refractivity contribution in [1.29, 1.82) is 0 Å². The monoisotopic (exact) mass is 605 g/mol. The van der Waals surface area contributed by atoms with Gasteiger partial charge in [0.05, 0.1) is 27.2 Å². The molecule has 0 spiro atoms. The lowest BCUT2D eigenvalue weighted by Gasteiger charge is -2.39. The molecule has 1 saturated heterocycles. The van der Waals surface area contributed by atoms with Crippen molar-refractivity contribution >= 4 is 42.6 Å². The van der Waals surface area contributed by atoms with Crippen LogP contribution in [0.3, 0.4) is 0 Å². The number of nitrogens with zero attached hydrogens (tertiary/aromatic N) is 6. The third-order valence-corrected chi connectivity index (χ3v) is 9.31. The van der Waals surface area contributed by atoms with Gasteiger partial charge in [-0.15, -0.1) is 10.2 Å². The highest BCUT2D eigenvalue weighted by Crippen LogP contribution is 2.41. The molecular formula is C25H32BrN7O4S. The summed E-state index contributed by atoms with van der Waals surface area (Å²) in [6.07, 6.45) is 2.95. The number of aryl methyl sites for hydroxylation is 1. The second-order valence-corrected chi connectivity index (χ2v) is 12.7. The van der Waals surface area contributed by atoms with Gasteiger partial charge in [-0.05, 0) is 67.0 Å². The first-order valence-corrected chi connectivity index (χ1v) is 15.0. The maximum atomic E-state index is 13.5. The number of halogens is 1. The van der Waals surface area contributed by atoms with Crippen molar-refractivity contribution < 1.29 is 13.2 Å². The van der Waals surface area contributed by atoms with E-state index in [1.807, 2.05) is 27.9 Å². The fourth-order valence-corrected chi connectivity index (χ4v) is 7.32. The van der Waals surface area contributed by atoms with Gasteiger partial charge in [-0.3, -0.25) is 4.57 Å². The van der Waals surface area contributed by atoms with Gasteiger partial charge in [0, 0.05) is 31.7 Å². The van der Waals surface area contributed by atoms with Crippen LogP contribution in [-0.2, 0) is 16.6 Å². The number of H-pyrrole nitrogens is 1. The van der Waals surface area contributed by atoms with Gasteiger partial charge in [-0.1, -0.05) is 13.8 Å². The first-order valence-electron chi connectivity index (χ1n) is 12.7. The molecule has 1 aliphatic heterocycles. The first-order chi connectivity index (χ1) is 18.2. The van der Waals surface area contributed by atoms with Gasteiger partial charge in [0.2, 0.25) is 10.0 Å². The topological polar surface area (TPSA) is 118 Å². The van der Waals surface area contributed by atoms with E-state index < -0.39 is 10.0 Å². The third kappa shape index (κ3) is 4.55. The van der Waals surface area contributed by atoms with Gasteiger partial charge in [-0.25, -0.2) is 17.6 Å². The SMILES string of the molecule is CCCOc1ccc(S(=O)(=O)N2CC(CN(C)C)C2)cc1-c1[nH]c2c(c1Br)n(CCC)c(=O)n1cnnc21. The minimum atomic E-state index is -3.68. The van der Waals surface area contributed by atoms with Crippen LogP contribution in [0.25, 0.3) is 27.9 Å². The molecule has 0 amide bonds. The molecule has 3 aromatic heterocycles. The van der Waals surface area contributed by atoms with Crippen LogP contribution in [0.2, 0.25) is 0 Å². The Labute approximate surface area is 229 Å². The summed E-state index contributed by atoms with van der Waals surface area (Å²) < 4.78 is 38.3. The van der Waals surface area contributed by atoms with Crippen LogP contribution in [-0.4, -0.2) is 82.1 Å². The van der Waals surface area contributed by atoms with E-state index in [0.717, 1.165) is 19.4 Å². The van der Waals surface area contributed by atoms with Crippen molar-refractivity contribution in [3.05, 3.63) is 39.5 Å². The normalized spacial score (nSPS) is 15.1. The molecule has 0 saturated carbocycles. The smallest absolute Gasteiger partial charge is 0.335 e. The van der Waals surface area contributed by atoms with E-state index in [1.165, 1.54) is 15.0 Å². The second-order valence-electron chi connectivity index (χ2n) is 9.95. The van der Waals surface area contributed by atoms with E-state index in [4.69, 9.17) is 4.74 Å². The summed E-state index contributed by atoms with van der Waals surface area (Å²) in [5.74, 6) is 0.865. The third-order valence-electron chi connectivity index (χ3n) is 6.71. The summed E-state index contributed by atoms with van der Waals surface area (Å²) >= 11 is 3.71. The molecule has 11 nitrogen and oxygen atoms in total. The number of aromatic nitrogens is 5. The first kappa shape index (κ1) is 26.9. The van der Waals surface area contributed by atoms with Crippen LogP contribution in [0.15, 0.2) is 38.7 Å². The zero-order valence-electron chi connectivity index (χ0n) is 21.9. The predicted molar refractivity (Wildman–Crippen MR) is 149 cm³/mol. The fourth-order valence-electron chi connectivity index (χ4n) is 4.97. The van der Waals surface area contributed by atoms with E-state index in [9.17, 15) is 13.2 Å². The molecule has 13 heteroatoms. The van der Waals surface area contributed by atoms with E-state index >= 15 is 0 Å². The Kier molecular flexibility index (Phi) is 7.37. The maximum absolute atomic E-state index is 13.5. The number of aromatic amines is 1. The summed E-state index contributed by atoms with van der Waals surface area (Å²) in [6, 6.07) is 4.96. The van der Waals surface area contributed by atoms with Gasteiger partial charge >= 0.3 is 5.69 Å². The maximum Gasteiger partial charge on any atom is 0.335 e. The molecule has 204 valence electrons. The van der Waals surface area contributed by atoms with E-state index in [-0.39, 0.29) is 10.6 Å². The highest BCUT2D eigenvalue weighted by atomic mass is 79.9. The Hall–Kier alpha value is -2.74. The number of rotatable bonds is 10. The fraction of sp³-hybridized carbons (Fsp3) is 0.480. The van der Waals surface area contributed by atoms with Crippen LogP contribution in [0.4, 0.5) is 0 Å². The molecule has 0 unspecified atom stereocenters. The van der Waals surface area contributed by atoms with Crippen molar-refractivity contribution in [3.8, 4) is 17.0 Å². The van der Waals surface area contributed by atoms with Crippen LogP contribution in [0.1, 0.15) is 26.7 Å². The average Bonchev–Trinajstić information content (AvgIpc) is 3.47. The van der Waals surface area contributed by atoms with Gasteiger partial charge in [-0.2, -0.15) is 4.31 Å². The largest absolute Gasteiger partial charge is 0.493 e. The Morgan fingerprint density at radius 1 is 1.21 bits per heavy atom. The van der Waals surface area contributed by atoms with E-state index in [2.05, 4.69) is 36.0 Å². The minimum Gasteiger partial charge on any atom is -0.493 e. The number of sulfonamides is 1. The number of ether oxygens (including phenoxy) is 1. The highest BCUT2D eigenvalue weighted by Gasteiger charge is 2.37. The Bertz CT molecular complexity index is 1650. The summed E-state index contributed by atoms with van der Waals surface area (Å²) in [7, 11) is 0.298. The van der Waals surface area contributed by atoms with E-state index in [1.54, 1.807) is 22.8 Å². The number of hydrogen-bond donors (Lipinski definition) is 1. The van der Waals surface area contributed by atoms with Gasteiger partial charge in [0.1, 0.15) is 17.6 Å². The molecule has 38 heavy (non-hydrogen) atoms. The zero-order valence-corrected chi connectivity index (χ0v) is 24.3. The number of fused-ring (bicyclic) bond motifs is 3. The van der Waals surface area contributed by atoms with Crippen LogP contribution in [0.5, 0.6) is 5.75 Å². The van der Waals surface area contributed by atoms with Crippen molar-refractivity contribution in [2.24, 2.45) is 5.92 Å². The van der Waals surface area contributed by atoms with Gasteiger partial charge in [0.15, 0.2) is 5.65 Å². The summed E-state index contributed by atoms with van der Waals surface area (Å²) in [5.41, 5.74) is 2.63. The molecule has 5 rings (SSSR count). The van der Waals surface area contributed by atoms with Crippen molar-refractivity contribution in [1.82, 2.24) is 33.4 Å². The molecule has 0 atom stereocenters. The lowest BCUT2D eigenvalue weighted by molar-refractivity contribution is 0.160. The lowest BCUT2D eigenvalue weighted by atomic mass is 10.0. The summed E-state index contributed by atoms with van der Waals surface area (Å²) in [4.78, 5) is 18.9. The zero-order chi connectivity index (χ0) is 27.2. The number of benzene rings is 1. The molecule has 4 aromatic rings. The van der Waals surface area contributed by atoms with Gasteiger partial charge in [0.25, 0.3) is 0 Å². The summed E-state index contributed by atoms with van der Waals surface area (Å²) in [5, 5.41) is 8.11. The van der Waals surface area contributed by atoms with Crippen LogP contribution in [0, 0.1) is 5.92 Å². The van der Waals surface area contributed by atoms with Crippen molar-refractivity contribution in [2.75, 3.05) is 40.3 Å². The van der Waals surface area contributed by atoms with E-state index in [0.29, 0.717) is 70.3 Å². The molecule has 1 aliphatic rings. The standard InChI is InChI=1S/C25H32BrN7O4S/c1-5-9-32-23-20(26)21(28-22(23)24-29-27-15-33(24)25(32)34)18-11-17(7-8-19(18)37-10-6-2)38(35,36)31-13-16(14-31)12-30(3)4/h7-8,11,15-16,28H,5-6,9-10,12-14H2,1-4H3. The molecule has 4 heterocycles. The molecule has 0 radical (unpaired) electrons. The van der Waals surface area contributed by atoms with Crippen molar-refractivity contribution in [2.45, 2.75) is 38.1 Å². The molecule has 0 bridgehead atoms. The predicted octanol–water partition coefficient (Wildman–Crippen LogP) is 3.18. The van der Waals surface area contributed by atoms with Gasteiger partial charge < -0.3 is 14.6 Å². The molecule has 1 fully saturated rings. The Morgan fingerprint density at radius 2 is 1.97 bits per heavy atom. The highest BCUT2D eigenvalue weighted by molar-refractivity contribution is 9.10. The number of hydrogen-bond acceptors (Lipinski definition) is 7. The average molecular weight is 607 g/mol. The van der Waals surface area contributed by atoms with Crippen LogP contribution >= 0.6 is 15.9 Å². The molecule has 1 N–H and O–H groups in total. The minimum absolute atomic E-state index is 0.198. The van der Waals surface area contributed by atoms with Crippen molar-refractivity contribution in [3.63, 3.8) is 0 Å². The lowest BCUT2D eigenvalue weighted by Crippen LogP contribution is -2.52. The molecule has 1 aromatic carbocycles.